The Morgan fingerprint density at radius 2 is 2.17 bits per heavy atom. The molecule has 0 bridgehead atoms. The van der Waals surface area contributed by atoms with Crippen LogP contribution in [0.15, 0.2) is 12.4 Å². The first-order valence-corrected chi connectivity index (χ1v) is 3.37. The summed E-state index contributed by atoms with van der Waals surface area (Å²) in [5.74, 6) is 0. The van der Waals surface area contributed by atoms with E-state index in [1.807, 2.05) is 0 Å². The minimum Gasteiger partial charge on any atom is -0.461 e. The summed E-state index contributed by atoms with van der Waals surface area (Å²) < 4.78 is 4.87. The molecule has 1 heterocycles. The molecule has 0 fully saturated rings. The summed E-state index contributed by atoms with van der Waals surface area (Å²) in [6, 6.07) is 0.162. The minimum atomic E-state index is -0.0845. The third-order valence-corrected chi connectivity index (χ3v) is 1.11. The molecule has 0 atom stereocenters. The molecule has 0 aliphatic heterocycles. The summed E-state index contributed by atoms with van der Waals surface area (Å²) >= 11 is 0. The number of aliphatic hydroxyl groups is 1. The number of carbonyl (C=O) groups excluding carboxylic acids is 1. The molecule has 0 radical (unpaired) electrons. The van der Waals surface area contributed by atoms with Gasteiger partial charge in [-0.15, -0.1) is 0 Å². The first-order valence-electron chi connectivity index (χ1n) is 3.37. The van der Waals surface area contributed by atoms with Gasteiger partial charge < -0.3 is 9.84 Å². The van der Waals surface area contributed by atoms with Crippen molar-refractivity contribution in [3.8, 4) is 6.01 Å². The van der Waals surface area contributed by atoms with Crippen LogP contribution in [0, 0.1) is 0 Å². The smallest absolute Gasteiger partial charge is 0.316 e. The first-order chi connectivity index (χ1) is 5.86. The van der Waals surface area contributed by atoms with E-state index in [4.69, 9.17) is 9.84 Å². The molecular formula is C7H8N2O3. The molecule has 64 valence electrons. The summed E-state index contributed by atoms with van der Waals surface area (Å²) in [6.07, 6.45) is 3.36. The van der Waals surface area contributed by atoms with Crippen molar-refractivity contribution < 1.29 is 14.6 Å². The van der Waals surface area contributed by atoms with Crippen LogP contribution in [0.2, 0.25) is 0 Å². The Labute approximate surface area is 69.0 Å². The van der Waals surface area contributed by atoms with Crippen molar-refractivity contribution in [2.45, 2.75) is 0 Å². The van der Waals surface area contributed by atoms with Crippen LogP contribution in [0.1, 0.15) is 10.4 Å². The van der Waals surface area contributed by atoms with Gasteiger partial charge in [0.05, 0.1) is 12.2 Å². The molecule has 0 saturated heterocycles. The number of aliphatic hydroxyl groups excluding tert-OH is 1. The minimum absolute atomic E-state index is 0.0845. The summed E-state index contributed by atoms with van der Waals surface area (Å²) in [4.78, 5) is 17.6. The van der Waals surface area contributed by atoms with Crippen LogP contribution >= 0.6 is 0 Å². The molecule has 1 aromatic rings. The average Bonchev–Trinajstić information content (AvgIpc) is 2.15. The topological polar surface area (TPSA) is 72.3 Å². The van der Waals surface area contributed by atoms with Crippen LogP contribution in [0.3, 0.4) is 0 Å². The van der Waals surface area contributed by atoms with Crippen LogP contribution in [-0.4, -0.2) is 34.6 Å². The van der Waals surface area contributed by atoms with Gasteiger partial charge in [-0.25, -0.2) is 9.97 Å². The summed E-state index contributed by atoms with van der Waals surface area (Å²) in [5.41, 5.74) is 0.395. The molecule has 0 aliphatic carbocycles. The van der Waals surface area contributed by atoms with Gasteiger partial charge >= 0.3 is 6.01 Å². The molecule has 1 N–H and O–H groups in total. The SMILES string of the molecule is O=Cc1cnc(OCCO)nc1. The van der Waals surface area contributed by atoms with E-state index in [2.05, 4.69) is 9.97 Å². The Morgan fingerprint density at radius 1 is 1.50 bits per heavy atom. The maximum atomic E-state index is 10.2. The zero-order valence-electron chi connectivity index (χ0n) is 6.30. The summed E-state index contributed by atoms with van der Waals surface area (Å²) in [7, 11) is 0. The predicted octanol–water partition coefficient (Wildman–Crippen LogP) is -0.340. The molecule has 0 saturated carbocycles. The maximum absolute atomic E-state index is 10.2. The van der Waals surface area contributed by atoms with Gasteiger partial charge in [-0.05, 0) is 0 Å². The number of aldehydes is 1. The number of hydrogen-bond acceptors (Lipinski definition) is 5. The Bertz CT molecular complexity index is 247. The van der Waals surface area contributed by atoms with Crippen molar-refractivity contribution in [1.82, 2.24) is 9.97 Å². The molecule has 5 heteroatoms. The number of hydrogen-bond donors (Lipinski definition) is 1. The van der Waals surface area contributed by atoms with Gasteiger partial charge in [-0.2, -0.15) is 0 Å². The molecular weight excluding hydrogens is 160 g/mol. The molecule has 1 rings (SSSR count). The van der Waals surface area contributed by atoms with Crippen molar-refractivity contribution in [2.24, 2.45) is 0 Å². The quantitative estimate of drug-likeness (QED) is 0.622. The number of rotatable bonds is 4. The molecule has 0 unspecified atom stereocenters. The zero-order valence-corrected chi connectivity index (χ0v) is 6.30. The first kappa shape index (κ1) is 8.61. The van der Waals surface area contributed by atoms with Crippen LogP contribution in [0.4, 0.5) is 0 Å². The van der Waals surface area contributed by atoms with E-state index < -0.39 is 0 Å². The Morgan fingerprint density at radius 3 is 2.67 bits per heavy atom. The Kier molecular flexibility index (Phi) is 3.16. The van der Waals surface area contributed by atoms with Gasteiger partial charge in [0.2, 0.25) is 0 Å². The zero-order chi connectivity index (χ0) is 8.81. The van der Waals surface area contributed by atoms with Crippen molar-refractivity contribution in [3.63, 3.8) is 0 Å². The number of aromatic nitrogens is 2. The van der Waals surface area contributed by atoms with Crippen molar-refractivity contribution in [2.75, 3.05) is 13.2 Å². The second kappa shape index (κ2) is 4.40. The molecule has 1 aromatic heterocycles. The highest BCUT2D eigenvalue weighted by molar-refractivity contribution is 5.73. The normalized spacial score (nSPS) is 9.42. The lowest BCUT2D eigenvalue weighted by Crippen LogP contribution is -2.04. The van der Waals surface area contributed by atoms with Crippen molar-refractivity contribution in [1.29, 1.82) is 0 Å². The van der Waals surface area contributed by atoms with E-state index in [-0.39, 0.29) is 19.2 Å². The van der Waals surface area contributed by atoms with Crippen LogP contribution in [0.25, 0.3) is 0 Å². The average molecular weight is 168 g/mol. The fourth-order valence-electron chi connectivity index (χ4n) is 0.599. The van der Waals surface area contributed by atoms with Crippen molar-refractivity contribution in [3.05, 3.63) is 18.0 Å². The number of nitrogens with zero attached hydrogens (tertiary/aromatic N) is 2. The highest BCUT2D eigenvalue weighted by Crippen LogP contribution is 1.99. The van der Waals surface area contributed by atoms with Gasteiger partial charge in [0.15, 0.2) is 6.29 Å². The van der Waals surface area contributed by atoms with Gasteiger partial charge in [0.1, 0.15) is 6.61 Å². The van der Waals surface area contributed by atoms with E-state index in [1.165, 1.54) is 12.4 Å². The number of carbonyl (C=O) groups is 1. The lowest BCUT2D eigenvalue weighted by molar-refractivity contribution is 0.112. The van der Waals surface area contributed by atoms with E-state index in [1.54, 1.807) is 0 Å². The summed E-state index contributed by atoms with van der Waals surface area (Å²) in [6.45, 7) is 0.0687. The Balaban J connectivity index is 2.58. The monoisotopic (exact) mass is 168 g/mol. The van der Waals surface area contributed by atoms with E-state index >= 15 is 0 Å². The lowest BCUT2D eigenvalue weighted by Gasteiger charge is -1.99. The molecule has 0 spiro atoms. The van der Waals surface area contributed by atoms with Gasteiger partial charge in [-0.1, -0.05) is 0 Å². The molecule has 5 nitrogen and oxygen atoms in total. The highest BCUT2D eigenvalue weighted by atomic mass is 16.5. The molecule has 12 heavy (non-hydrogen) atoms. The predicted molar refractivity (Wildman–Crippen MR) is 40.0 cm³/mol. The lowest BCUT2D eigenvalue weighted by atomic mass is 10.4. The second-order valence-electron chi connectivity index (χ2n) is 1.99. The van der Waals surface area contributed by atoms with E-state index in [9.17, 15) is 4.79 Å². The summed E-state index contributed by atoms with van der Waals surface area (Å²) in [5, 5.41) is 8.39. The fourth-order valence-corrected chi connectivity index (χ4v) is 0.599. The van der Waals surface area contributed by atoms with Crippen LogP contribution in [-0.2, 0) is 0 Å². The Hall–Kier alpha value is -1.49. The standard InChI is InChI=1S/C7H8N2O3/c10-1-2-12-7-8-3-6(5-11)4-9-7/h3-5,10H,1-2H2. The third-order valence-electron chi connectivity index (χ3n) is 1.11. The van der Waals surface area contributed by atoms with Gasteiger partial charge in [0, 0.05) is 12.4 Å². The maximum Gasteiger partial charge on any atom is 0.316 e. The fraction of sp³-hybridized carbons (Fsp3) is 0.286. The highest BCUT2D eigenvalue weighted by Gasteiger charge is 1.95. The van der Waals surface area contributed by atoms with Gasteiger partial charge in [0.25, 0.3) is 0 Å². The van der Waals surface area contributed by atoms with Gasteiger partial charge in [-0.3, -0.25) is 4.79 Å². The second-order valence-corrected chi connectivity index (χ2v) is 1.99. The van der Waals surface area contributed by atoms with E-state index in [0.29, 0.717) is 11.8 Å². The largest absolute Gasteiger partial charge is 0.461 e. The molecule has 0 aliphatic rings. The third kappa shape index (κ3) is 2.28. The van der Waals surface area contributed by atoms with Crippen LogP contribution in [0.5, 0.6) is 6.01 Å². The van der Waals surface area contributed by atoms with Crippen molar-refractivity contribution >= 4 is 6.29 Å². The molecule has 0 aromatic carbocycles. The van der Waals surface area contributed by atoms with E-state index in [0.717, 1.165) is 0 Å². The number of ether oxygens (including phenoxy) is 1. The molecule has 0 amide bonds. The van der Waals surface area contributed by atoms with Crippen LogP contribution < -0.4 is 4.74 Å².